The van der Waals surface area contributed by atoms with Crippen molar-refractivity contribution in [3.05, 3.63) is 53.5 Å². The molecule has 2 amide bonds. The normalized spacial score (nSPS) is 13.9. The van der Waals surface area contributed by atoms with Crippen LogP contribution in [0.5, 0.6) is 5.75 Å². The van der Waals surface area contributed by atoms with E-state index in [4.69, 9.17) is 4.74 Å². The van der Waals surface area contributed by atoms with E-state index in [9.17, 15) is 14.4 Å². The van der Waals surface area contributed by atoms with Crippen molar-refractivity contribution in [2.45, 2.75) is 12.6 Å². The second-order valence-corrected chi connectivity index (χ2v) is 8.11. The number of aromatic nitrogens is 3. The Kier molecular flexibility index (Phi) is 6.22. The van der Waals surface area contributed by atoms with Crippen LogP contribution in [-0.2, 0) is 11.3 Å². The summed E-state index contributed by atoms with van der Waals surface area (Å²) >= 11 is 0. The van der Waals surface area contributed by atoms with Gasteiger partial charge in [-0.1, -0.05) is 6.07 Å². The monoisotopic (exact) mass is 451 g/mol. The highest BCUT2D eigenvalue weighted by Gasteiger charge is 2.26. The van der Waals surface area contributed by atoms with Gasteiger partial charge >= 0.3 is 0 Å². The summed E-state index contributed by atoms with van der Waals surface area (Å²) in [7, 11) is 5.64. The number of hydrogen-bond acceptors (Lipinski definition) is 8. The van der Waals surface area contributed by atoms with Crippen molar-refractivity contribution in [1.29, 1.82) is 0 Å². The summed E-state index contributed by atoms with van der Waals surface area (Å²) in [5.74, 6) is -0.304. The summed E-state index contributed by atoms with van der Waals surface area (Å²) < 4.78 is 6.41. The van der Waals surface area contributed by atoms with Gasteiger partial charge in [-0.15, -0.1) is 0 Å². The number of likely N-dealkylation sites (N-methyl/N-ethyl adjacent to an activating group) is 1. The fraction of sp³-hybridized carbons (Fsp3) is 0.318. The van der Waals surface area contributed by atoms with E-state index in [0.29, 0.717) is 23.6 Å². The van der Waals surface area contributed by atoms with Crippen LogP contribution in [-0.4, -0.2) is 78.1 Å². The molecule has 4 rings (SSSR count). The van der Waals surface area contributed by atoms with E-state index < -0.39 is 5.91 Å². The number of hydrogen-bond donors (Lipinski definition) is 2. The highest BCUT2D eigenvalue weighted by molar-refractivity contribution is 5.98. The zero-order valence-corrected chi connectivity index (χ0v) is 18.6. The van der Waals surface area contributed by atoms with E-state index in [-0.39, 0.29) is 29.9 Å². The minimum Gasteiger partial charge on any atom is -0.427 e. The van der Waals surface area contributed by atoms with Crippen molar-refractivity contribution in [3.8, 4) is 5.75 Å². The Hall–Kier alpha value is -3.99. The van der Waals surface area contributed by atoms with Gasteiger partial charge < -0.3 is 25.2 Å². The minimum absolute atomic E-state index is 0.0654. The van der Waals surface area contributed by atoms with Crippen LogP contribution in [0.4, 0.5) is 5.69 Å². The molecule has 11 heteroatoms. The third kappa shape index (κ3) is 4.77. The topological polar surface area (TPSA) is 121 Å². The van der Waals surface area contributed by atoms with E-state index in [2.05, 4.69) is 25.6 Å². The van der Waals surface area contributed by atoms with Gasteiger partial charge in [-0.2, -0.15) is 5.10 Å². The van der Waals surface area contributed by atoms with Crippen LogP contribution >= 0.6 is 0 Å². The van der Waals surface area contributed by atoms with Crippen LogP contribution < -0.4 is 20.3 Å². The quantitative estimate of drug-likeness (QED) is 0.469. The number of benzene rings is 1. The first-order valence-electron chi connectivity index (χ1n) is 10.4. The van der Waals surface area contributed by atoms with Gasteiger partial charge in [-0.25, -0.2) is 9.50 Å². The van der Waals surface area contributed by atoms with Crippen molar-refractivity contribution >= 4 is 29.6 Å². The van der Waals surface area contributed by atoms with Gasteiger partial charge in [0.1, 0.15) is 11.4 Å². The molecule has 33 heavy (non-hydrogen) atoms. The van der Waals surface area contributed by atoms with Crippen molar-refractivity contribution in [2.24, 2.45) is 0 Å². The van der Waals surface area contributed by atoms with Crippen molar-refractivity contribution in [1.82, 2.24) is 30.1 Å². The second kappa shape index (κ2) is 9.25. The Balaban J connectivity index is 1.51. The lowest BCUT2D eigenvalue weighted by Crippen LogP contribution is -2.57. The standard InChI is InChI=1S/C22H25N7O4/c1-27(2)17-8-14(4-5-19(17)33-13-30)10-23-21(31)16-9-18(29-20(26-16)6-7-24-29)22(32)25-15-11-28(3)12-15/h4-9,13,15H,10-12H2,1-3H3,(H,23,31)(H,25,32). The van der Waals surface area contributed by atoms with E-state index in [0.717, 1.165) is 18.7 Å². The predicted molar refractivity (Wildman–Crippen MR) is 120 cm³/mol. The van der Waals surface area contributed by atoms with Crippen LogP contribution in [0.15, 0.2) is 36.5 Å². The number of rotatable bonds is 8. The zero-order valence-electron chi connectivity index (χ0n) is 18.6. The molecule has 2 N–H and O–H groups in total. The number of likely N-dealkylation sites (tertiary alicyclic amines) is 1. The maximum Gasteiger partial charge on any atom is 0.298 e. The largest absolute Gasteiger partial charge is 0.427 e. The van der Waals surface area contributed by atoms with E-state index in [1.165, 1.54) is 16.8 Å². The molecule has 3 heterocycles. The van der Waals surface area contributed by atoms with E-state index in [1.807, 2.05) is 32.1 Å². The average Bonchev–Trinajstić information content (AvgIpc) is 3.25. The van der Waals surface area contributed by atoms with Crippen LogP contribution in [0.1, 0.15) is 26.5 Å². The van der Waals surface area contributed by atoms with Gasteiger partial charge in [0, 0.05) is 45.9 Å². The molecule has 1 aromatic carbocycles. The molecule has 0 aliphatic carbocycles. The Labute approximate surface area is 190 Å². The van der Waals surface area contributed by atoms with Gasteiger partial charge in [0.2, 0.25) is 0 Å². The first-order valence-corrected chi connectivity index (χ1v) is 10.4. The first kappa shape index (κ1) is 22.2. The molecule has 1 aliphatic rings. The smallest absolute Gasteiger partial charge is 0.298 e. The molecule has 1 fully saturated rings. The Morgan fingerprint density at radius 3 is 2.70 bits per heavy atom. The number of anilines is 1. The molecule has 0 saturated carbocycles. The summed E-state index contributed by atoms with van der Waals surface area (Å²) in [5.41, 5.74) is 2.28. The first-order chi connectivity index (χ1) is 15.9. The zero-order chi connectivity index (χ0) is 23.5. The molecule has 0 atom stereocenters. The second-order valence-electron chi connectivity index (χ2n) is 8.11. The molecule has 0 bridgehead atoms. The van der Waals surface area contributed by atoms with Crippen molar-refractivity contribution < 1.29 is 19.1 Å². The number of nitrogens with zero attached hydrogens (tertiary/aromatic N) is 5. The van der Waals surface area contributed by atoms with Crippen molar-refractivity contribution in [2.75, 3.05) is 39.1 Å². The third-order valence-corrected chi connectivity index (χ3v) is 5.36. The summed E-state index contributed by atoms with van der Waals surface area (Å²) in [6.45, 7) is 2.15. The van der Waals surface area contributed by atoms with Gasteiger partial charge in [-0.05, 0) is 24.7 Å². The summed E-state index contributed by atoms with van der Waals surface area (Å²) in [5, 5.41) is 9.94. The molecule has 0 radical (unpaired) electrons. The fourth-order valence-corrected chi connectivity index (χ4v) is 3.69. The molecule has 0 spiro atoms. The number of amides is 2. The Bertz CT molecular complexity index is 1200. The van der Waals surface area contributed by atoms with Gasteiger partial charge in [0.05, 0.1) is 17.9 Å². The number of carbonyl (C=O) groups is 3. The number of fused-ring (bicyclic) bond motifs is 1. The number of ether oxygens (including phenoxy) is 1. The SMILES string of the molecule is CN1CC(NC(=O)c2cc(C(=O)NCc3ccc(OC=O)c(N(C)C)c3)nc3ccnn23)C1. The molecule has 172 valence electrons. The summed E-state index contributed by atoms with van der Waals surface area (Å²) in [6, 6.07) is 8.40. The molecule has 3 aromatic rings. The lowest BCUT2D eigenvalue weighted by Gasteiger charge is -2.36. The number of carbonyl (C=O) groups excluding carboxylic acids is 3. The van der Waals surface area contributed by atoms with Gasteiger partial charge in [-0.3, -0.25) is 14.4 Å². The lowest BCUT2D eigenvalue weighted by molar-refractivity contribution is -0.120. The molecule has 0 unspecified atom stereocenters. The molecule has 1 aliphatic heterocycles. The Morgan fingerprint density at radius 2 is 2.00 bits per heavy atom. The van der Waals surface area contributed by atoms with Crippen LogP contribution in [0.3, 0.4) is 0 Å². The predicted octanol–water partition coefficient (Wildman–Crippen LogP) is 0.304. The fourth-order valence-electron chi connectivity index (χ4n) is 3.69. The van der Waals surface area contributed by atoms with E-state index in [1.54, 1.807) is 18.2 Å². The molecular formula is C22H25N7O4. The van der Waals surface area contributed by atoms with Crippen LogP contribution in [0, 0.1) is 0 Å². The van der Waals surface area contributed by atoms with Gasteiger partial charge in [0.25, 0.3) is 18.3 Å². The molecular weight excluding hydrogens is 426 g/mol. The molecule has 2 aromatic heterocycles. The lowest BCUT2D eigenvalue weighted by atomic mass is 10.1. The summed E-state index contributed by atoms with van der Waals surface area (Å²) in [4.78, 5) is 44.6. The summed E-state index contributed by atoms with van der Waals surface area (Å²) in [6.07, 6.45) is 1.53. The Morgan fingerprint density at radius 1 is 1.21 bits per heavy atom. The highest BCUT2D eigenvalue weighted by atomic mass is 16.5. The molecule has 1 saturated heterocycles. The van der Waals surface area contributed by atoms with E-state index >= 15 is 0 Å². The average molecular weight is 451 g/mol. The number of nitrogens with one attached hydrogen (secondary N) is 2. The third-order valence-electron chi connectivity index (χ3n) is 5.36. The molecule has 11 nitrogen and oxygen atoms in total. The maximum atomic E-state index is 12.9. The minimum atomic E-state index is -0.421. The highest BCUT2D eigenvalue weighted by Crippen LogP contribution is 2.27. The van der Waals surface area contributed by atoms with Gasteiger partial charge in [0.15, 0.2) is 11.4 Å². The van der Waals surface area contributed by atoms with Crippen molar-refractivity contribution in [3.63, 3.8) is 0 Å². The maximum absolute atomic E-state index is 12.9. The van der Waals surface area contributed by atoms with Crippen LogP contribution in [0.25, 0.3) is 5.65 Å². The van der Waals surface area contributed by atoms with Crippen LogP contribution in [0.2, 0.25) is 0 Å².